The van der Waals surface area contributed by atoms with Crippen LogP contribution in [0.3, 0.4) is 0 Å². The minimum atomic E-state index is -1.27. The molecular formula is C44H53FN2O. The van der Waals surface area contributed by atoms with Crippen molar-refractivity contribution in [3.63, 3.8) is 0 Å². The second kappa shape index (κ2) is 12.4. The summed E-state index contributed by atoms with van der Waals surface area (Å²) < 4.78 is 16.1. The molecule has 252 valence electrons. The van der Waals surface area contributed by atoms with E-state index in [1.165, 1.54) is 22.3 Å². The number of benzene rings is 4. The Bertz CT molecular complexity index is 1750. The van der Waals surface area contributed by atoms with Gasteiger partial charge >= 0.3 is 0 Å². The monoisotopic (exact) mass is 644 g/mol. The zero-order chi connectivity index (χ0) is 34.5. The number of halogens is 1. The highest BCUT2D eigenvalue weighted by Gasteiger charge is 2.53. The summed E-state index contributed by atoms with van der Waals surface area (Å²) in [5.74, 6) is -0.348. The maximum absolute atomic E-state index is 16.1. The van der Waals surface area contributed by atoms with Crippen molar-refractivity contribution in [2.75, 3.05) is 0 Å². The summed E-state index contributed by atoms with van der Waals surface area (Å²) in [6.07, 6.45) is 4.26. The van der Waals surface area contributed by atoms with Crippen LogP contribution in [-0.4, -0.2) is 37.1 Å². The van der Waals surface area contributed by atoms with Crippen molar-refractivity contribution in [1.82, 2.24) is 9.80 Å². The number of likely N-dealkylation sites (tertiary alicyclic amines) is 1. The number of aliphatic hydroxyl groups is 1. The molecule has 4 aromatic carbocycles. The fourth-order valence-corrected chi connectivity index (χ4v) is 9.10. The van der Waals surface area contributed by atoms with E-state index in [0.29, 0.717) is 18.4 Å². The molecule has 2 aliphatic heterocycles. The zero-order valence-electron chi connectivity index (χ0n) is 30.1. The van der Waals surface area contributed by atoms with Gasteiger partial charge in [0, 0.05) is 40.8 Å². The van der Waals surface area contributed by atoms with Gasteiger partial charge in [-0.1, -0.05) is 103 Å². The fourth-order valence-electron chi connectivity index (χ4n) is 9.10. The molecule has 4 aromatic rings. The van der Waals surface area contributed by atoms with Gasteiger partial charge in [0.25, 0.3) is 0 Å². The topological polar surface area (TPSA) is 26.7 Å². The second-order valence-corrected chi connectivity index (χ2v) is 16.7. The van der Waals surface area contributed by atoms with E-state index in [2.05, 4.69) is 150 Å². The van der Waals surface area contributed by atoms with Crippen LogP contribution in [0.4, 0.5) is 4.39 Å². The highest BCUT2D eigenvalue weighted by molar-refractivity contribution is 5.72. The van der Waals surface area contributed by atoms with Crippen LogP contribution in [0.1, 0.15) is 96.9 Å². The zero-order valence-corrected chi connectivity index (χ0v) is 30.1. The Balaban J connectivity index is 1.21. The minimum Gasteiger partial charge on any atom is -0.385 e. The quantitative estimate of drug-likeness (QED) is 0.217. The Morgan fingerprint density at radius 3 is 1.56 bits per heavy atom. The van der Waals surface area contributed by atoms with Gasteiger partial charge in [-0.15, -0.1) is 0 Å². The molecule has 0 aliphatic carbocycles. The Hall–Kier alpha value is -3.57. The molecule has 0 radical (unpaired) electrons. The first-order valence-electron chi connectivity index (χ1n) is 17.5. The van der Waals surface area contributed by atoms with E-state index < -0.39 is 5.60 Å². The van der Waals surface area contributed by atoms with E-state index in [0.717, 1.165) is 30.6 Å². The molecule has 0 atom stereocenters. The highest BCUT2D eigenvalue weighted by Crippen LogP contribution is 2.50. The predicted octanol–water partition coefficient (Wildman–Crippen LogP) is 10.4. The smallest absolute Gasteiger partial charge is 0.129 e. The number of hydrogen-bond acceptors (Lipinski definition) is 3. The molecule has 48 heavy (non-hydrogen) atoms. The molecule has 0 unspecified atom stereocenters. The summed E-state index contributed by atoms with van der Waals surface area (Å²) in [6, 6.07) is 35.1. The standard InChI is InChI=1S/C44H53FN2O/c1-40(2)26-37(27-41(3,4)46(40)28-32-15-11-9-12-16-32)35-21-19-34(20-22-35)36-23-24-38(39(45)25-36)44(48)30-42(5,6)47(43(7,8)31-44)29-33-17-13-10-14-18-33/h9-26,48H,27-31H2,1-8H3. The van der Waals surface area contributed by atoms with Crippen molar-refractivity contribution in [2.24, 2.45) is 0 Å². The lowest BCUT2D eigenvalue weighted by molar-refractivity contribution is -0.144. The van der Waals surface area contributed by atoms with E-state index in [-0.39, 0.29) is 28.0 Å². The molecule has 0 aromatic heterocycles. The fraction of sp³-hybridized carbons (Fsp3) is 0.409. The molecule has 2 heterocycles. The van der Waals surface area contributed by atoms with E-state index in [4.69, 9.17) is 0 Å². The first-order chi connectivity index (χ1) is 22.5. The molecule has 0 bridgehead atoms. The van der Waals surface area contributed by atoms with Crippen LogP contribution < -0.4 is 0 Å². The third-order valence-electron chi connectivity index (χ3n) is 10.9. The van der Waals surface area contributed by atoms with Crippen molar-refractivity contribution >= 4 is 5.57 Å². The lowest BCUT2D eigenvalue weighted by Crippen LogP contribution is -2.64. The molecule has 1 saturated heterocycles. The number of piperidine rings is 1. The number of nitrogens with zero attached hydrogens (tertiary/aromatic N) is 2. The van der Waals surface area contributed by atoms with Gasteiger partial charge in [-0.05, 0) is 114 Å². The SMILES string of the molecule is CC1(C)C=C(c2ccc(-c3ccc(C4(O)CC(C)(C)N(Cc5ccccc5)C(C)(C)C4)c(F)c3)cc2)CC(C)(C)N1Cc1ccccc1. The van der Waals surface area contributed by atoms with Gasteiger partial charge in [-0.25, -0.2) is 4.39 Å². The molecule has 2 aliphatic rings. The maximum Gasteiger partial charge on any atom is 0.129 e. The molecular weight excluding hydrogens is 591 g/mol. The highest BCUT2D eigenvalue weighted by atomic mass is 19.1. The van der Waals surface area contributed by atoms with Crippen molar-refractivity contribution in [3.05, 3.63) is 137 Å². The largest absolute Gasteiger partial charge is 0.385 e. The Kier molecular flexibility index (Phi) is 8.86. The molecule has 1 N–H and O–H groups in total. The van der Waals surface area contributed by atoms with E-state index >= 15 is 4.39 Å². The molecule has 1 fully saturated rings. The molecule has 0 amide bonds. The van der Waals surface area contributed by atoms with Crippen LogP contribution in [-0.2, 0) is 18.7 Å². The normalized spacial score (nSPS) is 21.4. The van der Waals surface area contributed by atoms with E-state index in [1.807, 2.05) is 18.2 Å². The Morgan fingerprint density at radius 1 is 0.583 bits per heavy atom. The van der Waals surface area contributed by atoms with E-state index in [1.54, 1.807) is 6.07 Å². The van der Waals surface area contributed by atoms with Crippen LogP contribution in [0.25, 0.3) is 16.7 Å². The third kappa shape index (κ3) is 6.81. The minimum absolute atomic E-state index is 0.0257. The number of hydrogen-bond donors (Lipinski definition) is 1. The average molecular weight is 645 g/mol. The van der Waals surface area contributed by atoms with Gasteiger partial charge in [-0.3, -0.25) is 9.80 Å². The molecule has 6 rings (SSSR count). The van der Waals surface area contributed by atoms with Crippen molar-refractivity contribution in [1.29, 1.82) is 0 Å². The molecule has 0 spiro atoms. The predicted molar refractivity (Wildman–Crippen MR) is 198 cm³/mol. The Morgan fingerprint density at radius 2 is 1.06 bits per heavy atom. The van der Waals surface area contributed by atoms with Crippen LogP contribution in [0, 0.1) is 5.82 Å². The van der Waals surface area contributed by atoms with Crippen LogP contribution in [0.5, 0.6) is 0 Å². The maximum atomic E-state index is 16.1. The summed E-state index contributed by atoms with van der Waals surface area (Å²) in [7, 11) is 0. The third-order valence-corrected chi connectivity index (χ3v) is 10.9. The summed E-state index contributed by atoms with van der Waals surface area (Å²) >= 11 is 0. The van der Waals surface area contributed by atoms with Crippen LogP contribution in [0.15, 0.2) is 109 Å². The lowest BCUT2D eigenvalue weighted by atomic mass is 9.68. The molecule has 0 saturated carbocycles. The van der Waals surface area contributed by atoms with Gasteiger partial charge in [0.1, 0.15) is 5.82 Å². The lowest BCUT2D eigenvalue weighted by Gasteiger charge is -2.58. The van der Waals surface area contributed by atoms with Crippen molar-refractivity contribution in [3.8, 4) is 11.1 Å². The van der Waals surface area contributed by atoms with Gasteiger partial charge in [0.05, 0.1) is 5.60 Å². The van der Waals surface area contributed by atoms with Gasteiger partial charge < -0.3 is 5.11 Å². The summed E-state index contributed by atoms with van der Waals surface area (Å²) in [5, 5.41) is 12.1. The molecule has 3 nitrogen and oxygen atoms in total. The van der Waals surface area contributed by atoms with Gasteiger partial charge in [-0.2, -0.15) is 0 Å². The summed E-state index contributed by atoms with van der Waals surface area (Å²) in [4.78, 5) is 5.06. The van der Waals surface area contributed by atoms with Crippen LogP contribution >= 0.6 is 0 Å². The van der Waals surface area contributed by atoms with Gasteiger partial charge in [0.15, 0.2) is 0 Å². The van der Waals surface area contributed by atoms with Gasteiger partial charge in [0.2, 0.25) is 0 Å². The van der Waals surface area contributed by atoms with Crippen LogP contribution in [0.2, 0.25) is 0 Å². The average Bonchev–Trinajstić information content (AvgIpc) is 3.01. The van der Waals surface area contributed by atoms with Crippen molar-refractivity contribution in [2.45, 2.75) is 115 Å². The second-order valence-electron chi connectivity index (χ2n) is 16.7. The van der Waals surface area contributed by atoms with Crippen molar-refractivity contribution < 1.29 is 9.50 Å². The van der Waals surface area contributed by atoms with E-state index in [9.17, 15) is 5.11 Å². The first kappa shape index (κ1) is 34.3. The summed E-state index contributed by atoms with van der Waals surface area (Å²) in [5.41, 5.74) is 5.18. The number of rotatable bonds is 7. The Labute approximate surface area is 288 Å². The summed E-state index contributed by atoms with van der Waals surface area (Å²) in [6.45, 7) is 19.6. The molecule has 4 heteroatoms. The first-order valence-corrected chi connectivity index (χ1v) is 17.5.